The first-order valence-corrected chi connectivity index (χ1v) is 9.45. The molecule has 0 radical (unpaired) electrons. The predicted molar refractivity (Wildman–Crippen MR) is 91.5 cm³/mol. The minimum absolute atomic E-state index is 0.0470. The van der Waals surface area contributed by atoms with Crippen molar-refractivity contribution in [1.29, 1.82) is 0 Å². The molecule has 2 amide bonds. The third-order valence-corrected chi connectivity index (χ3v) is 5.75. The fourth-order valence-electron chi connectivity index (χ4n) is 4.11. The van der Waals surface area contributed by atoms with Crippen molar-refractivity contribution in [2.75, 3.05) is 40.0 Å². The molecule has 3 aliphatic rings. The monoisotopic (exact) mass is 368 g/mol. The summed E-state index contributed by atoms with van der Waals surface area (Å²) in [6, 6.07) is 0.324. The van der Waals surface area contributed by atoms with Crippen LogP contribution in [0.3, 0.4) is 0 Å². The number of hydrogen-bond donors (Lipinski definition) is 1. The quantitative estimate of drug-likeness (QED) is 0.733. The maximum Gasteiger partial charge on any atom is 0.320 e. The van der Waals surface area contributed by atoms with Crippen LogP contribution in [0.25, 0.3) is 0 Å². The molecule has 1 N–H and O–H groups in total. The van der Waals surface area contributed by atoms with Gasteiger partial charge in [0.25, 0.3) is 0 Å². The van der Waals surface area contributed by atoms with E-state index in [-0.39, 0.29) is 18.0 Å². The van der Waals surface area contributed by atoms with Gasteiger partial charge in [-0.2, -0.15) is 0 Å². The van der Waals surface area contributed by atoms with Gasteiger partial charge in [-0.15, -0.1) is 0 Å². The Bertz CT molecular complexity index is 544. The Morgan fingerprint density at radius 1 is 1.12 bits per heavy atom. The Morgan fingerprint density at radius 2 is 1.81 bits per heavy atom. The number of amides is 2. The Labute approximate surface area is 153 Å². The highest BCUT2D eigenvalue weighted by Gasteiger charge is 2.43. The van der Waals surface area contributed by atoms with E-state index in [9.17, 15) is 19.5 Å². The summed E-state index contributed by atoms with van der Waals surface area (Å²) in [7, 11) is 1.29. The van der Waals surface area contributed by atoms with E-state index in [1.165, 1.54) is 7.11 Å². The lowest BCUT2D eigenvalue weighted by Gasteiger charge is -2.38. The van der Waals surface area contributed by atoms with Gasteiger partial charge in [-0.1, -0.05) is 0 Å². The number of ether oxygens (including phenoxy) is 2. The van der Waals surface area contributed by atoms with E-state index in [1.807, 2.05) is 9.80 Å². The van der Waals surface area contributed by atoms with Crippen LogP contribution in [0.4, 0.5) is 4.79 Å². The number of morpholine rings is 1. The lowest BCUT2D eigenvalue weighted by Crippen LogP contribution is -2.51. The Hall–Kier alpha value is -1.83. The van der Waals surface area contributed by atoms with Crippen LogP contribution in [0.5, 0.6) is 0 Å². The maximum atomic E-state index is 12.9. The number of methoxy groups -OCH3 is 1. The van der Waals surface area contributed by atoms with Gasteiger partial charge in [-0.3, -0.25) is 9.59 Å². The maximum absolute atomic E-state index is 12.9. The molecule has 2 aliphatic carbocycles. The molecule has 0 spiro atoms. The van der Waals surface area contributed by atoms with Crippen LogP contribution in [0.1, 0.15) is 32.1 Å². The number of esters is 1. The third kappa shape index (κ3) is 4.28. The Morgan fingerprint density at radius 3 is 2.38 bits per heavy atom. The molecule has 1 unspecified atom stereocenters. The van der Waals surface area contributed by atoms with Gasteiger partial charge >= 0.3 is 18.0 Å². The van der Waals surface area contributed by atoms with Gasteiger partial charge in [0.05, 0.1) is 32.2 Å². The summed E-state index contributed by atoms with van der Waals surface area (Å²) in [5, 5.41) is 9.39. The average molecular weight is 368 g/mol. The molecule has 26 heavy (non-hydrogen) atoms. The van der Waals surface area contributed by atoms with Crippen molar-refractivity contribution in [1.82, 2.24) is 9.80 Å². The summed E-state index contributed by atoms with van der Waals surface area (Å²) in [6.07, 6.45) is 3.65. The van der Waals surface area contributed by atoms with Crippen LogP contribution in [0.15, 0.2) is 0 Å². The molecular formula is C18H28N2O6. The van der Waals surface area contributed by atoms with Gasteiger partial charge in [-0.25, -0.2) is 4.79 Å². The minimum Gasteiger partial charge on any atom is -0.481 e. The molecular weight excluding hydrogens is 340 g/mol. The van der Waals surface area contributed by atoms with E-state index in [2.05, 4.69) is 0 Å². The molecule has 0 aromatic carbocycles. The topological polar surface area (TPSA) is 96.4 Å². The summed E-state index contributed by atoms with van der Waals surface area (Å²) in [4.78, 5) is 40.2. The highest BCUT2D eigenvalue weighted by molar-refractivity contribution is 5.81. The van der Waals surface area contributed by atoms with Gasteiger partial charge in [0.1, 0.15) is 0 Å². The fraction of sp³-hybridized carbons (Fsp3) is 0.833. The van der Waals surface area contributed by atoms with Crippen molar-refractivity contribution in [2.24, 2.45) is 17.8 Å². The SMILES string of the molecule is COC(=O)[C@H]1CC(CN(C(=O)N2CCOCC2)C2CC2)CC[C@@H]1C(=O)O. The fourth-order valence-corrected chi connectivity index (χ4v) is 4.11. The zero-order valence-corrected chi connectivity index (χ0v) is 15.3. The van der Waals surface area contributed by atoms with Crippen molar-refractivity contribution < 1.29 is 29.0 Å². The summed E-state index contributed by atoms with van der Waals surface area (Å²) < 4.78 is 10.1. The molecule has 0 bridgehead atoms. The highest BCUT2D eigenvalue weighted by Crippen LogP contribution is 2.37. The van der Waals surface area contributed by atoms with Crippen molar-refractivity contribution in [3.05, 3.63) is 0 Å². The number of rotatable bonds is 5. The number of carbonyl (C=O) groups is 3. The van der Waals surface area contributed by atoms with Gasteiger partial charge < -0.3 is 24.4 Å². The van der Waals surface area contributed by atoms with Crippen LogP contribution in [-0.2, 0) is 19.1 Å². The Kier molecular flexibility index (Phi) is 6.01. The van der Waals surface area contributed by atoms with Crippen molar-refractivity contribution in [2.45, 2.75) is 38.1 Å². The van der Waals surface area contributed by atoms with E-state index in [0.29, 0.717) is 52.1 Å². The number of urea groups is 1. The van der Waals surface area contributed by atoms with Gasteiger partial charge in [-0.05, 0) is 38.0 Å². The molecule has 146 valence electrons. The van der Waals surface area contributed by atoms with Crippen LogP contribution < -0.4 is 0 Å². The first kappa shape index (κ1) is 18.9. The standard InChI is InChI=1S/C18H28N2O6/c1-25-17(23)15-10-12(2-5-14(15)16(21)22)11-20(13-3-4-13)18(24)19-6-8-26-9-7-19/h12-15H,2-11H2,1H3,(H,21,22)/t12?,14-,15-/m0/s1. The predicted octanol–water partition coefficient (Wildman–Crippen LogP) is 1.19. The van der Waals surface area contributed by atoms with Crippen LogP contribution >= 0.6 is 0 Å². The molecule has 1 heterocycles. The number of hydrogen-bond acceptors (Lipinski definition) is 5. The lowest BCUT2D eigenvalue weighted by molar-refractivity contribution is -0.158. The average Bonchev–Trinajstić information content (AvgIpc) is 3.50. The largest absolute Gasteiger partial charge is 0.481 e. The molecule has 8 heteroatoms. The van der Waals surface area contributed by atoms with E-state index < -0.39 is 23.8 Å². The molecule has 0 aromatic rings. The molecule has 2 saturated carbocycles. The molecule has 0 aromatic heterocycles. The summed E-state index contributed by atoms with van der Waals surface area (Å²) in [5.41, 5.74) is 0. The second kappa shape index (κ2) is 8.24. The van der Waals surface area contributed by atoms with E-state index in [0.717, 1.165) is 12.8 Å². The molecule has 1 aliphatic heterocycles. The van der Waals surface area contributed by atoms with Crippen LogP contribution in [0, 0.1) is 17.8 Å². The number of carboxylic acid groups (broad SMARTS) is 1. The molecule has 8 nitrogen and oxygen atoms in total. The van der Waals surface area contributed by atoms with E-state index >= 15 is 0 Å². The van der Waals surface area contributed by atoms with Crippen LogP contribution in [-0.4, -0.2) is 78.9 Å². The summed E-state index contributed by atoms with van der Waals surface area (Å²) >= 11 is 0. The second-order valence-electron chi connectivity index (χ2n) is 7.52. The number of aliphatic carboxylic acids is 1. The summed E-state index contributed by atoms with van der Waals surface area (Å²) in [5.74, 6) is -2.60. The van der Waals surface area contributed by atoms with Crippen molar-refractivity contribution in [3.63, 3.8) is 0 Å². The van der Waals surface area contributed by atoms with Gasteiger partial charge in [0.2, 0.25) is 0 Å². The van der Waals surface area contributed by atoms with Crippen molar-refractivity contribution in [3.8, 4) is 0 Å². The normalized spacial score (nSPS) is 29.1. The minimum atomic E-state index is -0.942. The zero-order chi connectivity index (χ0) is 18.7. The van der Waals surface area contributed by atoms with Crippen molar-refractivity contribution >= 4 is 18.0 Å². The number of nitrogens with zero attached hydrogens (tertiary/aromatic N) is 2. The first-order valence-electron chi connectivity index (χ1n) is 9.45. The first-order chi connectivity index (χ1) is 12.5. The van der Waals surface area contributed by atoms with E-state index in [4.69, 9.17) is 9.47 Å². The molecule has 1 saturated heterocycles. The van der Waals surface area contributed by atoms with Gasteiger partial charge in [0, 0.05) is 25.7 Å². The third-order valence-electron chi connectivity index (χ3n) is 5.75. The van der Waals surface area contributed by atoms with E-state index in [1.54, 1.807) is 0 Å². The smallest absolute Gasteiger partial charge is 0.320 e. The number of carbonyl (C=O) groups excluding carboxylic acids is 2. The lowest BCUT2D eigenvalue weighted by atomic mass is 9.73. The summed E-state index contributed by atoms with van der Waals surface area (Å²) in [6.45, 7) is 2.94. The second-order valence-corrected chi connectivity index (χ2v) is 7.52. The zero-order valence-electron chi connectivity index (χ0n) is 15.3. The molecule has 3 rings (SSSR count). The van der Waals surface area contributed by atoms with Gasteiger partial charge in [0.15, 0.2) is 0 Å². The molecule has 3 atom stereocenters. The number of carboxylic acids is 1. The highest BCUT2D eigenvalue weighted by atomic mass is 16.5. The van der Waals surface area contributed by atoms with Crippen LogP contribution in [0.2, 0.25) is 0 Å². The Balaban J connectivity index is 1.64. The molecule has 3 fully saturated rings.